The molecule has 0 unspecified atom stereocenters. The van der Waals surface area contributed by atoms with E-state index in [1.165, 1.54) is 35.6 Å². The summed E-state index contributed by atoms with van der Waals surface area (Å²) in [6, 6.07) is 13.9. The van der Waals surface area contributed by atoms with Crippen LogP contribution in [0.5, 0.6) is 5.75 Å². The van der Waals surface area contributed by atoms with Gasteiger partial charge in [0.05, 0.1) is 23.9 Å². The summed E-state index contributed by atoms with van der Waals surface area (Å²) in [5.41, 5.74) is 1.08. The molecule has 1 aromatic heterocycles. The summed E-state index contributed by atoms with van der Waals surface area (Å²) in [7, 11) is 0. The molecule has 1 saturated heterocycles. The first-order valence-electron chi connectivity index (χ1n) is 9.08. The van der Waals surface area contributed by atoms with Gasteiger partial charge in [0.1, 0.15) is 17.3 Å². The minimum Gasteiger partial charge on any atom is -0.507 e. The van der Waals surface area contributed by atoms with Crippen LogP contribution < -0.4 is 0 Å². The molecule has 1 aliphatic heterocycles. The number of hydrogen-bond donors (Lipinski definition) is 1. The summed E-state index contributed by atoms with van der Waals surface area (Å²) in [4.78, 5) is 14.8. The van der Waals surface area contributed by atoms with Gasteiger partial charge in [-0.2, -0.15) is 5.10 Å². The van der Waals surface area contributed by atoms with Crippen molar-refractivity contribution in [3.8, 4) is 5.75 Å². The molecule has 31 heavy (non-hydrogen) atoms. The van der Waals surface area contributed by atoms with Gasteiger partial charge in [0, 0.05) is 10.6 Å². The molecule has 6 nitrogen and oxygen atoms in total. The van der Waals surface area contributed by atoms with Crippen molar-refractivity contribution in [3.63, 3.8) is 0 Å². The highest BCUT2D eigenvalue weighted by molar-refractivity contribution is 8.18. The van der Waals surface area contributed by atoms with Crippen LogP contribution >= 0.6 is 23.4 Å². The van der Waals surface area contributed by atoms with Crippen LogP contribution in [0.3, 0.4) is 0 Å². The Bertz CT molecular complexity index is 1190. The predicted molar refractivity (Wildman–Crippen MR) is 119 cm³/mol. The fraction of sp³-hybridized carbons (Fsp3) is 0.0455. The molecule has 0 atom stereocenters. The maximum absolute atomic E-state index is 13.0. The molecule has 0 saturated carbocycles. The van der Waals surface area contributed by atoms with E-state index in [1.807, 2.05) is 0 Å². The molecule has 3 aromatic rings. The van der Waals surface area contributed by atoms with Gasteiger partial charge in [0.15, 0.2) is 5.17 Å². The van der Waals surface area contributed by atoms with Crippen molar-refractivity contribution in [2.24, 2.45) is 10.2 Å². The number of hydrogen-bond acceptors (Lipinski definition) is 6. The Hall–Kier alpha value is -3.36. The zero-order chi connectivity index (χ0) is 21.8. The van der Waals surface area contributed by atoms with Gasteiger partial charge in [-0.3, -0.25) is 9.69 Å². The largest absolute Gasteiger partial charge is 0.507 e. The summed E-state index contributed by atoms with van der Waals surface area (Å²) in [5.74, 6) is -0.0702. The van der Waals surface area contributed by atoms with Gasteiger partial charge in [-0.1, -0.05) is 23.7 Å². The van der Waals surface area contributed by atoms with E-state index >= 15 is 0 Å². The van der Waals surface area contributed by atoms with Gasteiger partial charge in [-0.15, -0.1) is 5.10 Å². The van der Waals surface area contributed by atoms with Crippen molar-refractivity contribution >= 4 is 46.7 Å². The molecule has 0 aliphatic carbocycles. The van der Waals surface area contributed by atoms with Crippen LogP contribution in [0.1, 0.15) is 16.9 Å². The molecule has 2 aromatic carbocycles. The minimum absolute atomic E-state index is 0.00241. The van der Waals surface area contributed by atoms with E-state index < -0.39 is 0 Å². The quantitative estimate of drug-likeness (QED) is 0.322. The molecule has 1 aliphatic rings. The third-order valence-corrected chi connectivity index (χ3v) is 5.51. The molecule has 4 rings (SSSR count). The number of aromatic hydroxyl groups is 1. The normalized spacial score (nSPS) is 16.8. The number of rotatable bonds is 5. The molecule has 0 spiro atoms. The fourth-order valence-electron chi connectivity index (χ4n) is 2.76. The molecule has 1 amide bonds. The Kier molecular flexibility index (Phi) is 6.20. The van der Waals surface area contributed by atoms with Gasteiger partial charge in [-0.05, 0) is 65.9 Å². The number of carbonyl (C=O) groups excluding carboxylic acids is 1. The molecule has 1 N–H and O–H groups in total. The Morgan fingerprint density at radius 1 is 1.19 bits per heavy atom. The molecule has 2 heterocycles. The summed E-state index contributed by atoms with van der Waals surface area (Å²) < 4.78 is 18.4. The summed E-state index contributed by atoms with van der Waals surface area (Å²) >= 11 is 7.12. The van der Waals surface area contributed by atoms with Crippen LogP contribution in [0.4, 0.5) is 4.39 Å². The topological polar surface area (TPSA) is 78.4 Å². The van der Waals surface area contributed by atoms with Crippen LogP contribution in [0.15, 0.2) is 80.4 Å². The second-order valence-electron chi connectivity index (χ2n) is 6.46. The van der Waals surface area contributed by atoms with E-state index in [2.05, 4.69) is 10.2 Å². The summed E-state index contributed by atoms with van der Waals surface area (Å²) in [5, 5.41) is 19.1. The number of halogens is 2. The first-order chi connectivity index (χ1) is 15.0. The molecule has 0 bridgehead atoms. The zero-order valence-corrected chi connectivity index (χ0v) is 17.5. The van der Waals surface area contributed by atoms with Crippen molar-refractivity contribution < 1.29 is 18.7 Å². The predicted octanol–water partition coefficient (Wildman–Crippen LogP) is 5.28. The van der Waals surface area contributed by atoms with Gasteiger partial charge in [0.25, 0.3) is 5.91 Å². The average Bonchev–Trinajstić information content (AvgIpc) is 3.36. The third kappa shape index (κ3) is 5.04. The van der Waals surface area contributed by atoms with E-state index in [0.717, 1.165) is 11.8 Å². The second-order valence-corrected chi connectivity index (χ2v) is 7.91. The van der Waals surface area contributed by atoms with Gasteiger partial charge >= 0.3 is 0 Å². The first kappa shape index (κ1) is 20.9. The van der Waals surface area contributed by atoms with Gasteiger partial charge in [-0.25, -0.2) is 4.39 Å². The lowest BCUT2D eigenvalue weighted by molar-refractivity contribution is -0.122. The van der Waals surface area contributed by atoms with Crippen LogP contribution in [0.25, 0.3) is 6.08 Å². The lowest BCUT2D eigenvalue weighted by atomic mass is 10.2. The van der Waals surface area contributed by atoms with Crippen molar-refractivity contribution in [1.82, 2.24) is 4.90 Å². The van der Waals surface area contributed by atoms with Crippen molar-refractivity contribution in [2.75, 3.05) is 0 Å². The number of furan rings is 1. The molecule has 156 valence electrons. The SMILES string of the molecule is O=C1/C(=C/c2cc(Cl)ccc2O)S/C(=N\N=C\c2ccc(F)cc2)N1Cc1ccco1. The lowest BCUT2D eigenvalue weighted by Gasteiger charge is -2.12. The maximum atomic E-state index is 13.0. The highest BCUT2D eigenvalue weighted by Gasteiger charge is 2.34. The zero-order valence-electron chi connectivity index (χ0n) is 15.9. The number of phenolic OH excluding ortho intramolecular Hbond substituents is 1. The van der Waals surface area contributed by atoms with Crippen LogP contribution in [0, 0.1) is 5.82 Å². The highest BCUT2D eigenvalue weighted by atomic mass is 35.5. The molecule has 1 fully saturated rings. The lowest BCUT2D eigenvalue weighted by Crippen LogP contribution is -2.28. The minimum atomic E-state index is -0.343. The Morgan fingerprint density at radius 2 is 2.00 bits per heavy atom. The summed E-state index contributed by atoms with van der Waals surface area (Å²) in [6.07, 6.45) is 4.54. The van der Waals surface area contributed by atoms with Crippen molar-refractivity contribution in [3.05, 3.63) is 93.5 Å². The number of amidine groups is 1. The van der Waals surface area contributed by atoms with E-state index in [-0.39, 0.29) is 24.0 Å². The maximum Gasteiger partial charge on any atom is 0.267 e. The standard InChI is InChI=1S/C22H15ClFN3O3S/c23-16-5-8-19(28)15(10-16)11-20-21(29)27(13-18-2-1-9-30-18)22(31-20)26-25-12-14-3-6-17(24)7-4-14/h1-12,28H,13H2/b20-11-,25-12+,26-22-. The third-order valence-electron chi connectivity index (χ3n) is 4.28. The number of thioether (sulfide) groups is 1. The van der Waals surface area contributed by atoms with E-state index in [4.69, 9.17) is 16.0 Å². The Balaban J connectivity index is 1.64. The average molecular weight is 456 g/mol. The van der Waals surface area contributed by atoms with Gasteiger partial charge < -0.3 is 9.52 Å². The van der Waals surface area contributed by atoms with Crippen LogP contribution in [-0.2, 0) is 11.3 Å². The monoisotopic (exact) mass is 455 g/mol. The van der Waals surface area contributed by atoms with E-state index in [9.17, 15) is 14.3 Å². The first-order valence-corrected chi connectivity index (χ1v) is 10.3. The van der Waals surface area contributed by atoms with Crippen LogP contribution in [0.2, 0.25) is 5.02 Å². The number of nitrogens with zero attached hydrogens (tertiary/aromatic N) is 3. The highest BCUT2D eigenvalue weighted by Crippen LogP contribution is 2.35. The smallest absolute Gasteiger partial charge is 0.267 e. The molecular weight excluding hydrogens is 441 g/mol. The van der Waals surface area contributed by atoms with Gasteiger partial charge in [0.2, 0.25) is 0 Å². The number of carbonyl (C=O) groups is 1. The molecule has 9 heteroatoms. The summed E-state index contributed by atoms with van der Waals surface area (Å²) in [6.45, 7) is 0.169. The molecular formula is C22H15ClFN3O3S. The van der Waals surface area contributed by atoms with Crippen molar-refractivity contribution in [2.45, 2.75) is 6.54 Å². The number of amides is 1. The van der Waals surface area contributed by atoms with E-state index in [1.54, 1.807) is 42.5 Å². The van der Waals surface area contributed by atoms with Crippen LogP contribution in [-0.4, -0.2) is 27.3 Å². The van der Waals surface area contributed by atoms with Crippen molar-refractivity contribution in [1.29, 1.82) is 0 Å². The fourth-order valence-corrected chi connectivity index (χ4v) is 3.86. The molecule has 0 radical (unpaired) electrons. The Morgan fingerprint density at radius 3 is 2.74 bits per heavy atom. The second kappa shape index (κ2) is 9.20. The van der Waals surface area contributed by atoms with E-state index in [0.29, 0.717) is 32.0 Å². The Labute approximate surface area is 186 Å². The number of phenols is 1. The number of benzene rings is 2.